The maximum atomic E-state index is 11.7. The van der Waals surface area contributed by atoms with E-state index in [0.29, 0.717) is 27.2 Å². The third kappa shape index (κ3) is 3.83. The molecule has 25 heavy (non-hydrogen) atoms. The molecule has 0 spiro atoms. The SMILES string of the molecule is Cc1nc(N)sc1-c1nc(N)nc(Nc2cccc(S(C)(=O)=O)c2)n1. The lowest BCUT2D eigenvalue weighted by Crippen LogP contribution is -2.05. The van der Waals surface area contributed by atoms with Gasteiger partial charge >= 0.3 is 0 Å². The summed E-state index contributed by atoms with van der Waals surface area (Å²) in [6.45, 7) is 1.80. The molecule has 2 heterocycles. The van der Waals surface area contributed by atoms with Crippen molar-refractivity contribution in [3.05, 3.63) is 30.0 Å². The lowest BCUT2D eigenvalue weighted by Gasteiger charge is -2.08. The first kappa shape index (κ1) is 17.0. The third-order valence-electron chi connectivity index (χ3n) is 3.19. The Kier molecular flexibility index (Phi) is 4.27. The second-order valence-corrected chi connectivity index (χ2v) is 8.28. The van der Waals surface area contributed by atoms with E-state index in [1.54, 1.807) is 19.1 Å². The van der Waals surface area contributed by atoms with Gasteiger partial charge in [-0.3, -0.25) is 0 Å². The quantitative estimate of drug-likeness (QED) is 0.616. The first-order chi connectivity index (χ1) is 11.7. The maximum Gasteiger partial charge on any atom is 0.232 e. The molecular formula is C14H15N7O2S2. The number of anilines is 4. The first-order valence-corrected chi connectivity index (χ1v) is 9.75. The van der Waals surface area contributed by atoms with Crippen molar-refractivity contribution in [3.63, 3.8) is 0 Å². The lowest BCUT2D eigenvalue weighted by molar-refractivity contribution is 0.602. The average Bonchev–Trinajstić information content (AvgIpc) is 2.85. The molecule has 0 bridgehead atoms. The van der Waals surface area contributed by atoms with Gasteiger partial charge in [0, 0.05) is 11.9 Å². The van der Waals surface area contributed by atoms with Crippen LogP contribution in [0.5, 0.6) is 0 Å². The first-order valence-electron chi connectivity index (χ1n) is 7.04. The van der Waals surface area contributed by atoms with E-state index in [4.69, 9.17) is 11.5 Å². The molecule has 1 aromatic carbocycles. The molecule has 3 rings (SSSR count). The Morgan fingerprint density at radius 2 is 1.88 bits per heavy atom. The standard InChI is InChI=1S/C14H15N7O2S2/c1-7-10(24-13(16)17-7)11-19-12(15)21-14(20-11)18-8-4-3-5-9(6-8)25(2,22)23/h3-6H,1-2H3,(H2,16,17)(H3,15,18,19,20,21). The van der Waals surface area contributed by atoms with Crippen LogP contribution in [0.15, 0.2) is 29.2 Å². The van der Waals surface area contributed by atoms with Crippen LogP contribution in [0.1, 0.15) is 5.69 Å². The molecule has 0 atom stereocenters. The highest BCUT2D eigenvalue weighted by atomic mass is 32.2. The number of nitrogens with two attached hydrogens (primary N) is 2. The van der Waals surface area contributed by atoms with Gasteiger partial charge in [0.05, 0.1) is 15.5 Å². The minimum atomic E-state index is -3.32. The predicted octanol–water partition coefficient (Wildman–Crippen LogP) is 1.62. The molecule has 11 heteroatoms. The Hall–Kier alpha value is -2.79. The van der Waals surface area contributed by atoms with Gasteiger partial charge in [-0.1, -0.05) is 17.4 Å². The number of rotatable bonds is 4. The lowest BCUT2D eigenvalue weighted by atomic mass is 10.3. The number of thiazole rings is 1. The number of sulfone groups is 1. The Bertz CT molecular complexity index is 1050. The normalized spacial score (nSPS) is 11.4. The molecule has 0 saturated heterocycles. The topological polar surface area (TPSA) is 150 Å². The number of benzene rings is 1. The molecule has 0 aliphatic heterocycles. The van der Waals surface area contributed by atoms with Crippen LogP contribution in [0.2, 0.25) is 0 Å². The van der Waals surface area contributed by atoms with E-state index in [-0.39, 0.29) is 16.8 Å². The van der Waals surface area contributed by atoms with Gasteiger partial charge in [0.1, 0.15) is 0 Å². The fraction of sp³-hybridized carbons (Fsp3) is 0.143. The summed E-state index contributed by atoms with van der Waals surface area (Å²) in [4.78, 5) is 17.5. The molecule has 3 aromatic rings. The predicted molar refractivity (Wildman–Crippen MR) is 97.3 cm³/mol. The number of hydrogen-bond acceptors (Lipinski definition) is 10. The summed E-state index contributed by atoms with van der Waals surface area (Å²) in [7, 11) is -3.32. The van der Waals surface area contributed by atoms with Crippen molar-refractivity contribution in [2.24, 2.45) is 0 Å². The minimum Gasteiger partial charge on any atom is -0.375 e. The number of aryl methyl sites for hydroxylation is 1. The summed E-state index contributed by atoms with van der Waals surface area (Å²) < 4.78 is 23.3. The monoisotopic (exact) mass is 377 g/mol. The summed E-state index contributed by atoms with van der Waals surface area (Å²) in [6.07, 6.45) is 1.14. The van der Waals surface area contributed by atoms with E-state index in [0.717, 1.165) is 6.26 Å². The van der Waals surface area contributed by atoms with Crippen molar-refractivity contribution in [2.45, 2.75) is 11.8 Å². The zero-order chi connectivity index (χ0) is 18.2. The van der Waals surface area contributed by atoms with Crippen LogP contribution in [-0.2, 0) is 9.84 Å². The van der Waals surface area contributed by atoms with E-state index in [1.807, 2.05) is 0 Å². The molecular weight excluding hydrogens is 362 g/mol. The summed E-state index contributed by atoms with van der Waals surface area (Å²) in [5.74, 6) is 0.568. The number of nitrogen functional groups attached to an aromatic ring is 2. The van der Waals surface area contributed by atoms with Crippen molar-refractivity contribution < 1.29 is 8.42 Å². The van der Waals surface area contributed by atoms with E-state index in [1.165, 1.54) is 23.5 Å². The van der Waals surface area contributed by atoms with Crippen molar-refractivity contribution in [1.82, 2.24) is 19.9 Å². The Labute approximate surface area is 148 Å². The van der Waals surface area contributed by atoms with E-state index in [2.05, 4.69) is 25.3 Å². The second kappa shape index (κ2) is 6.26. The van der Waals surface area contributed by atoms with E-state index >= 15 is 0 Å². The largest absolute Gasteiger partial charge is 0.375 e. The molecule has 0 unspecified atom stereocenters. The van der Waals surface area contributed by atoms with Crippen LogP contribution in [0.25, 0.3) is 10.7 Å². The zero-order valence-electron chi connectivity index (χ0n) is 13.4. The van der Waals surface area contributed by atoms with Gasteiger partial charge in [-0.15, -0.1) is 0 Å². The molecule has 0 fully saturated rings. The number of nitrogens with one attached hydrogen (secondary N) is 1. The van der Waals surface area contributed by atoms with Crippen LogP contribution >= 0.6 is 11.3 Å². The molecule has 2 aromatic heterocycles. The highest BCUT2D eigenvalue weighted by Gasteiger charge is 2.14. The zero-order valence-corrected chi connectivity index (χ0v) is 15.0. The smallest absolute Gasteiger partial charge is 0.232 e. The summed E-state index contributed by atoms with van der Waals surface area (Å²) >= 11 is 1.25. The number of nitrogens with zero attached hydrogens (tertiary/aromatic N) is 4. The molecule has 0 aliphatic carbocycles. The molecule has 0 radical (unpaired) electrons. The van der Waals surface area contributed by atoms with Crippen molar-refractivity contribution >= 4 is 43.9 Å². The molecule has 130 valence electrons. The van der Waals surface area contributed by atoms with Gasteiger partial charge in [-0.25, -0.2) is 13.4 Å². The Morgan fingerprint density at radius 3 is 2.52 bits per heavy atom. The van der Waals surface area contributed by atoms with Gasteiger partial charge < -0.3 is 16.8 Å². The van der Waals surface area contributed by atoms with Crippen LogP contribution in [0, 0.1) is 6.92 Å². The van der Waals surface area contributed by atoms with Crippen molar-refractivity contribution in [3.8, 4) is 10.7 Å². The average molecular weight is 377 g/mol. The molecule has 5 N–H and O–H groups in total. The molecule has 9 nitrogen and oxygen atoms in total. The van der Waals surface area contributed by atoms with Crippen molar-refractivity contribution in [1.29, 1.82) is 0 Å². The summed E-state index contributed by atoms with van der Waals surface area (Å²) in [6, 6.07) is 6.32. The van der Waals surface area contributed by atoms with Gasteiger partial charge in [-0.2, -0.15) is 15.0 Å². The minimum absolute atomic E-state index is 0.0261. The summed E-state index contributed by atoms with van der Waals surface area (Å²) in [5.41, 5.74) is 12.7. The van der Waals surface area contributed by atoms with Gasteiger partial charge in [0.15, 0.2) is 20.8 Å². The van der Waals surface area contributed by atoms with E-state index in [9.17, 15) is 8.42 Å². The van der Waals surface area contributed by atoms with Crippen molar-refractivity contribution in [2.75, 3.05) is 23.0 Å². The fourth-order valence-corrected chi connectivity index (χ4v) is 3.54. The van der Waals surface area contributed by atoms with Gasteiger partial charge in [-0.05, 0) is 25.1 Å². The molecule has 0 amide bonds. The fourth-order valence-electron chi connectivity index (χ4n) is 2.11. The third-order valence-corrected chi connectivity index (χ3v) is 5.28. The number of aromatic nitrogens is 4. The van der Waals surface area contributed by atoms with Crippen LogP contribution in [-0.4, -0.2) is 34.6 Å². The van der Waals surface area contributed by atoms with Crippen LogP contribution in [0.4, 0.5) is 22.7 Å². The number of hydrogen-bond donors (Lipinski definition) is 3. The molecule has 0 saturated carbocycles. The Balaban J connectivity index is 1.98. The summed E-state index contributed by atoms with van der Waals surface area (Å²) in [5, 5.41) is 3.34. The van der Waals surface area contributed by atoms with Gasteiger partial charge in [0.2, 0.25) is 11.9 Å². The Morgan fingerprint density at radius 1 is 1.12 bits per heavy atom. The van der Waals surface area contributed by atoms with Crippen LogP contribution in [0.3, 0.4) is 0 Å². The highest BCUT2D eigenvalue weighted by Crippen LogP contribution is 2.29. The van der Waals surface area contributed by atoms with Crippen LogP contribution < -0.4 is 16.8 Å². The molecule has 0 aliphatic rings. The van der Waals surface area contributed by atoms with E-state index < -0.39 is 9.84 Å². The van der Waals surface area contributed by atoms with Gasteiger partial charge in [0.25, 0.3) is 0 Å². The highest BCUT2D eigenvalue weighted by molar-refractivity contribution is 7.90. The second-order valence-electron chi connectivity index (χ2n) is 5.23. The maximum absolute atomic E-state index is 11.7.